The van der Waals surface area contributed by atoms with Crippen molar-refractivity contribution >= 4 is 22.6 Å². The van der Waals surface area contributed by atoms with Gasteiger partial charge >= 0.3 is 0 Å². The summed E-state index contributed by atoms with van der Waals surface area (Å²) in [4.78, 5) is 14.9. The van der Waals surface area contributed by atoms with E-state index in [0.717, 1.165) is 40.8 Å². The minimum absolute atomic E-state index is 0.00672. The second kappa shape index (κ2) is 6.73. The Hall–Kier alpha value is -2.59. The largest absolute Gasteiger partial charge is 0.459 e. The topological polar surface area (TPSA) is 42.7 Å². The quantitative estimate of drug-likeness (QED) is 0.707. The van der Waals surface area contributed by atoms with Crippen LogP contribution >= 0.6 is 0 Å². The van der Waals surface area contributed by atoms with Gasteiger partial charge < -0.3 is 14.1 Å². The molecule has 4 nitrogen and oxygen atoms in total. The molecule has 0 saturated carbocycles. The molecule has 0 unspecified atom stereocenters. The van der Waals surface area contributed by atoms with Gasteiger partial charge in [0.05, 0.1) is 6.54 Å². The Morgan fingerprint density at radius 1 is 1.16 bits per heavy atom. The summed E-state index contributed by atoms with van der Waals surface area (Å²) in [5.41, 5.74) is 2.81. The van der Waals surface area contributed by atoms with Gasteiger partial charge in [-0.1, -0.05) is 36.4 Å². The van der Waals surface area contributed by atoms with Gasteiger partial charge in [-0.3, -0.25) is 4.79 Å². The second-order valence-electron chi connectivity index (χ2n) is 6.46. The lowest BCUT2D eigenvalue weighted by Crippen LogP contribution is -2.38. The lowest BCUT2D eigenvalue weighted by molar-refractivity contribution is -0.127. The van der Waals surface area contributed by atoms with E-state index in [1.165, 1.54) is 0 Å². The Labute approximate surface area is 147 Å². The minimum Gasteiger partial charge on any atom is -0.459 e. The van der Waals surface area contributed by atoms with Crippen molar-refractivity contribution in [1.29, 1.82) is 0 Å². The minimum atomic E-state index is -0.357. The number of benzene rings is 2. The predicted molar refractivity (Wildman–Crippen MR) is 97.6 cm³/mol. The molecule has 1 saturated heterocycles. The van der Waals surface area contributed by atoms with E-state index in [1.807, 2.05) is 61.5 Å². The molecule has 2 heterocycles. The monoisotopic (exact) mass is 335 g/mol. The van der Waals surface area contributed by atoms with Gasteiger partial charge in [0.1, 0.15) is 17.4 Å². The molecule has 1 fully saturated rings. The van der Waals surface area contributed by atoms with Crippen molar-refractivity contribution < 1.29 is 13.9 Å². The van der Waals surface area contributed by atoms with E-state index < -0.39 is 0 Å². The number of rotatable bonds is 4. The molecule has 0 N–H and O–H groups in total. The summed E-state index contributed by atoms with van der Waals surface area (Å²) >= 11 is 0. The van der Waals surface area contributed by atoms with Crippen molar-refractivity contribution in [2.24, 2.45) is 0 Å². The number of nitrogens with zero attached hydrogens (tertiary/aromatic N) is 1. The van der Waals surface area contributed by atoms with Crippen molar-refractivity contribution in [3.8, 4) is 0 Å². The summed E-state index contributed by atoms with van der Waals surface area (Å²) in [5.74, 6) is 0.781. The van der Waals surface area contributed by atoms with Crippen LogP contribution in [-0.4, -0.2) is 18.6 Å². The van der Waals surface area contributed by atoms with E-state index in [9.17, 15) is 4.79 Å². The van der Waals surface area contributed by atoms with E-state index in [-0.39, 0.29) is 12.0 Å². The number of aryl methyl sites for hydroxylation is 1. The van der Waals surface area contributed by atoms with E-state index in [0.29, 0.717) is 13.2 Å². The molecule has 25 heavy (non-hydrogen) atoms. The lowest BCUT2D eigenvalue weighted by atomic mass is 10.1. The van der Waals surface area contributed by atoms with E-state index in [2.05, 4.69) is 0 Å². The number of furan rings is 1. The molecule has 0 bridgehead atoms. The highest BCUT2D eigenvalue weighted by Gasteiger charge is 2.30. The first-order valence-electron chi connectivity index (χ1n) is 8.68. The number of hydrogen-bond acceptors (Lipinski definition) is 3. The van der Waals surface area contributed by atoms with Gasteiger partial charge in [0.25, 0.3) is 5.91 Å². The normalized spacial score (nSPS) is 17.1. The first-order valence-corrected chi connectivity index (χ1v) is 8.68. The molecule has 1 aliphatic rings. The van der Waals surface area contributed by atoms with Gasteiger partial charge in [0, 0.05) is 17.7 Å². The van der Waals surface area contributed by atoms with Crippen LogP contribution in [0.25, 0.3) is 11.0 Å². The van der Waals surface area contributed by atoms with Crippen molar-refractivity contribution in [2.75, 3.05) is 11.5 Å². The molecule has 4 heteroatoms. The molecule has 0 radical (unpaired) electrons. The smallest absolute Gasteiger partial charge is 0.256 e. The van der Waals surface area contributed by atoms with Crippen LogP contribution in [0.15, 0.2) is 59.0 Å². The van der Waals surface area contributed by atoms with Crippen molar-refractivity contribution in [3.05, 3.63) is 65.9 Å². The van der Waals surface area contributed by atoms with E-state index in [1.54, 1.807) is 4.90 Å². The van der Waals surface area contributed by atoms with Crippen LogP contribution in [0.2, 0.25) is 0 Å². The van der Waals surface area contributed by atoms with Crippen molar-refractivity contribution in [1.82, 2.24) is 0 Å². The Kier molecular flexibility index (Phi) is 4.28. The third-order valence-electron chi connectivity index (χ3n) is 4.67. The van der Waals surface area contributed by atoms with Crippen molar-refractivity contribution in [2.45, 2.75) is 32.4 Å². The van der Waals surface area contributed by atoms with Gasteiger partial charge in [-0.25, -0.2) is 0 Å². The third kappa shape index (κ3) is 3.17. The fourth-order valence-corrected chi connectivity index (χ4v) is 3.36. The molecule has 0 spiro atoms. The van der Waals surface area contributed by atoms with Gasteiger partial charge in [0.15, 0.2) is 0 Å². The first kappa shape index (κ1) is 15.9. The average Bonchev–Trinajstić information content (AvgIpc) is 3.29. The number of anilines is 1. The summed E-state index contributed by atoms with van der Waals surface area (Å²) in [6.45, 7) is 3.07. The predicted octanol–water partition coefficient (Wildman–Crippen LogP) is 4.45. The van der Waals surface area contributed by atoms with Crippen LogP contribution in [0.3, 0.4) is 0 Å². The fourth-order valence-electron chi connectivity index (χ4n) is 3.36. The number of para-hydroxylation sites is 2. The first-order chi connectivity index (χ1) is 12.2. The summed E-state index contributed by atoms with van der Waals surface area (Å²) in [5, 5.41) is 1.05. The molecule has 1 aliphatic heterocycles. The number of fused-ring (bicyclic) bond motifs is 1. The van der Waals surface area contributed by atoms with E-state index >= 15 is 0 Å². The molecule has 1 amide bonds. The van der Waals surface area contributed by atoms with Crippen molar-refractivity contribution in [3.63, 3.8) is 0 Å². The molecule has 1 aromatic heterocycles. The Balaban J connectivity index is 1.69. The van der Waals surface area contributed by atoms with Gasteiger partial charge in [-0.2, -0.15) is 0 Å². The zero-order chi connectivity index (χ0) is 17.2. The van der Waals surface area contributed by atoms with E-state index in [4.69, 9.17) is 9.15 Å². The number of ether oxygens (including phenoxy) is 1. The van der Waals surface area contributed by atoms with Crippen LogP contribution in [0.4, 0.5) is 5.69 Å². The average molecular weight is 335 g/mol. The molecular formula is C21H21NO3. The zero-order valence-electron chi connectivity index (χ0n) is 14.3. The van der Waals surface area contributed by atoms with Gasteiger partial charge in [-0.05, 0) is 43.5 Å². The Morgan fingerprint density at radius 3 is 2.72 bits per heavy atom. The molecule has 128 valence electrons. The number of amides is 1. The standard InChI is InChI=1S/C21H21NO3/c1-15-7-2-4-9-18(15)22(21(23)20-11-6-12-24-20)14-17-13-16-8-3-5-10-19(16)25-17/h2-5,7-10,13,20H,6,11-12,14H2,1H3/t20-/m0/s1. The maximum Gasteiger partial charge on any atom is 0.256 e. The SMILES string of the molecule is Cc1ccccc1N(Cc1cc2ccccc2o1)C(=O)[C@@H]1CCCO1. The summed E-state index contributed by atoms with van der Waals surface area (Å²) < 4.78 is 11.6. The highest BCUT2D eigenvalue weighted by molar-refractivity contribution is 5.97. The van der Waals surface area contributed by atoms with Gasteiger partial charge in [-0.15, -0.1) is 0 Å². The Bertz CT molecular complexity index is 860. The number of carbonyl (C=O) groups is 1. The molecule has 1 atom stereocenters. The van der Waals surface area contributed by atoms with Crippen LogP contribution in [0, 0.1) is 6.92 Å². The van der Waals surface area contributed by atoms with Gasteiger partial charge in [0.2, 0.25) is 0 Å². The third-order valence-corrected chi connectivity index (χ3v) is 4.67. The molecule has 4 rings (SSSR count). The van der Waals surface area contributed by atoms with Crippen LogP contribution < -0.4 is 4.90 Å². The molecule has 2 aromatic carbocycles. The summed E-state index contributed by atoms with van der Waals surface area (Å²) in [6, 6.07) is 17.8. The highest BCUT2D eigenvalue weighted by atomic mass is 16.5. The summed E-state index contributed by atoms with van der Waals surface area (Å²) in [7, 11) is 0. The summed E-state index contributed by atoms with van der Waals surface area (Å²) in [6.07, 6.45) is 1.35. The molecule has 3 aromatic rings. The number of hydrogen-bond donors (Lipinski definition) is 0. The fraction of sp³-hybridized carbons (Fsp3) is 0.286. The van der Waals surface area contributed by atoms with Crippen LogP contribution in [0.1, 0.15) is 24.2 Å². The van der Waals surface area contributed by atoms with Crippen LogP contribution in [-0.2, 0) is 16.1 Å². The van der Waals surface area contributed by atoms with Crippen LogP contribution in [0.5, 0.6) is 0 Å². The molecular weight excluding hydrogens is 314 g/mol. The second-order valence-corrected chi connectivity index (χ2v) is 6.46. The lowest BCUT2D eigenvalue weighted by Gasteiger charge is -2.26. The maximum absolute atomic E-state index is 13.1. The highest BCUT2D eigenvalue weighted by Crippen LogP contribution is 2.27. The Morgan fingerprint density at radius 2 is 1.96 bits per heavy atom. The molecule has 0 aliphatic carbocycles. The maximum atomic E-state index is 13.1. The zero-order valence-corrected chi connectivity index (χ0v) is 14.3. The number of carbonyl (C=O) groups excluding carboxylic acids is 1.